The number of rotatable bonds is 21. The first-order chi connectivity index (χ1) is 18.1. The van der Waals surface area contributed by atoms with Crippen molar-refractivity contribution in [2.24, 2.45) is 0 Å². The number of hydrogen-bond acceptors (Lipinski definition) is 11. The normalized spacial score (nSPS) is 11.7. The molecule has 0 saturated carbocycles. The first kappa shape index (κ1) is 40.1. The fraction of sp³-hybridized carbons (Fsp3) is 0.727. The number of aliphatic carboxylic acids is 3. The third kappa shape index (κ3) is 24.0. The van der Waals surface area contributed by atoms with Gasteiger partial charge >= 0.3 is 17.9 Å². The molecule has 0 aromatic heterocycles. The molecule has 0 rings (SSSR count). The second-order valence-corrected chi connectivity index (χ2v) is 9.33. The monoisotopic (exact) mass is 586 g/mol. The van der Waals surface area contributed by atoms with E-state index in [2.05, 4.69) is 10.6 Å². The molecule has 0 aromatic rings. The number of carbonyl (C=O) groups is 6. The summed E-state index contributed by atoms with van der Waals surface area (Å²) in [5.74, 6) is -2.15. The van der Waals surface area contributed by atoms with Crippen molar-refractivity contribution in [3.8, 4) is 0 Å². The lowest BCUT2D eigenvalue weighted by Crippen LogP contribution is -2.47. The van der Waals surface area contributed by atoms with Gasteiger partial charge in [0.1, 0.15) is 18.4 Å². The van der Waals surface area contributed by atoms with E-state index in [0.29, 0.717) is 50.9 Å². The molecule has 0 aliphatic heterocycles. The van der Waals surface area contributed by atoms with Gasteiger partial charge in [-0.25, -0.2) is 9.59 Å². The number of likely N-dealkylation sites (N-methyl/N-ethyl adjacent to an activating group) is 1. The molecule has 0 saturated heterocycles. The second kappa shape index (κ2) is 27.6. The lowest BCUT2D eigenvalue weighted by Gasteiger charge is -2.24. The number of hydrogen-bond donors (Lipinski definition) is 6. The molecule has 2 amide bonds. The number of carbonyl (C=O) groups excluding carboxylic acids is 3. The maximum absolute atomic E-state index is 12.1. The molecule has 14 nitrogen and oxygen atoms in total. The molecular formula is C22H42N4O10S2. The Morgan fingerprint density at radius 1 is 0.842 bits per heavy atom. The van der Waals surface area contributed by atoms with E-state index in [4.69, 9.17) is 20.4 Å². The van der Waals surface area contributed by atoms with Crippen molar-refractivity contribution >= 4 is 60.0 Å². The molecule has 2 atom stereocenters. The van der Waals surface area contributed by atoms with Crippen LogP contribution in [-0.2, 0) is 28.8 Å². The van der Waals surface area contributed by atoms with Crippen LogP contribution in [0.3, 0.4) is 0 Å². The maximum Gasteiger partial charge on any atom is 0.326 e. The summed E-state index contributed by atoms with van der Waals surface area (Å²) in [5.41, 5.74) is 0. The standard InChI is InChI=1S/C15H27N3O6S.C6H11NO3S.CH4O/c1-3-17(11-14(21)22)5-6-18(7-8-19)10-13(20)16-12(15(23)24)4-9-25-2;1-11-3-2-5(6(9)10)7-4-8;1-2/h8,12H,3-7,9-11H2,1-2H3,(H,16,20)(H,21,22)(H,23,24);4-5H,2-3H2,1H3,(H,7,8)(H,9,10);2H,1H3. The highest BCUT2D eigenvalue weighted by Gasteiger charge is 2.21. The molecule has 0 bridgehead atoms. The van der Waals surface area contributed by atoms with Crippen LogP contribution in [0.1, 0.15) is 19.8 Å². The summed E-state index contributed by atoms with van der Waals surface area (Å²) >= 11 is 3.04. The third-order valence-electron chi connectivity index (χ3n) is 4.66. The van der Waals surface area contributed by atoms with Gasteiger partial charge in [0.25, 0.3) is 0 Å². The van der Waals surface area contributed by atoms with Gasteiger partial charge in [0.05, 0.1) is 19.6 Å². The van der Waals surface area contributed by atoms with Gasteiger partial charge in [-0.15, -0.1) is 0 Å². The number of amides is 2. The maximum atomic E-state index is 12.1. The van der Waals surface area contributed by atoms with Crippen LogP contribution < -0.4 is 10.6 Å². The number of aliphatic hydroxyl groups excluding tert-OH is 1. The molecular weight excluding hydrogens is 544 g/mol. The molecule has 0 radical (unpaired) electrons. The quantitative estimate of drug-likeness (QED) is 0.0869. The van der Waals surface area contributed by atoms with E-state index in [1.165, 1.54) is 11.8 Å². The molecule has 6 N–H and O–H groups in total. The molecule has 0 aromatic carbocycles. The van der Waals surface area contributed by atoms with Crippen LogP contribution >= 0.6 is 23.5 Å². The van der Waals surface area contributed by atoms with Gasteiger partial charge in [-0.1, -0.05) is 6.92 Å². The van der Waals surface area contributed by atoms with Crippen molar-refractivity contribution in [1.29, 1.82) is 0 Å². The van der Waals surface area contributed by atoms with Gasteiger partial charge < -0.3 is 35.9 Å². The third-order valence-corrected chi connectivity index (χ3v) is 5.95. The van der Waals surface area contributed by atoms with Gasteiger partial charge in [-0.3, -0.25) is 24.2 Å². The van der Waals surface area contributed by atoms with Gasteiger partial charge in [0.2, 0.25) is 12.3 Å². The van der Waals surface area contributed by atoms with E-state index >= 15 is 0 Å². The Balaban J connectivity index is -0.000000786. The zero-order valence-corrected chi connectivity index (χ0v) is 24.0. The minimum Gasteiger partial charge on any atom is -0.480 e. The van der Waals surface area contributed by atoms with Gasteiger partial charge in [0.15, 0.2) is 0 Å². The zero-order chi connectivity index (χ0) is 29.9. The first-order valence-electron chi connectivity index (χ1n) is 11.5. The van der Waals surface area contributed by atoms with Crippen LogP contribution in [0.25, 0.3) is 0 Å². The number of aliphatic hydroxyl groups is 1. The summed E-state index contributed by atoms with van der Waals surface area (Å²) in [4.78, 5) is 68.2. The summed E-state index contributed by atoms with van der Waals surface area (Å²) < 4.78 is 0. The number of nitrogens with zero attached hydrogens (tertiary/aromatic N) is 2. The molecule has 38 heavy (non-hydrogen) atoms. The Labute approximate surface area is 231 Å². The Hall–Kier alpha value is -2.40. The summed E-state index contributed by atoms with van der Waals surface area (Å²) in [5, 5.41) is 38.1. The minimum absolute atomic E-state index is 0.0145. The SMILES string of the molecule is CCN(CCN(CC=O)CC(=O)NC(CCSC)C(=O)O)CC(=O)O.CO.CSCCC(NC=O)C(=O)O. The molecule has 0 aliphatic carbocycles. The van der Waals surface area contributed by atoms with Crippen molar-refractivity contribution in [1.82, 2.24) is 20.4 Å². The summed E-state index contributed by atoms with van der Waals surface area (Å²) in [7, 11) is 1.00. The molecule has 0 aliphatic rings. The van der Waals surface area contributed by atoms with E-state index < -0.39 is 35.9 Å². The average molecular weight is 587 g/mol. The second-order valence-electron chi connectivity index (χ2n) is 7.36. The van der Waals surface area contributed by atoms with Crippen molar-refractivity contribution in [2.75, 3.05) is 70.4 Å². The number of aldehydes is 1. The van der Waals surface area contributed by atoms with E-state index in [0.717, 1.165) is 12.9 Å². The van der Waals surface area contributed by atoms with E-state index in [1.54, 1.807) is 21.6 Å². The molecule has 0 heterocycles. The van der Waals surface area contributed by atoms with Crippen LogP contribution in [0.4, 0.5) is 0 Å². The van der Waals surface area contributed by atoms with Crippen molar-refractivity contribution in [3.05, 3.63) is 0 Å². The van der Waals surface area contributed by atoms with E-state index in [-0.39, 0.29) is 19.6 Å². The van der Waals surface area contributed by atoms with Gasteiger partial charge in [0, 0.05) is 20.2 Å². The van der Waals surface area contributed by atoms with Crippen molar-refractivity contribution < 1.29 is 49.2 Å². The van der Waals surface area contributed by atoms with Crippen molar-refractivity contribution in [2.45, 2.75) is 31.8 Å². The Kier molecular flexibility index (Phi) is 29.2. The van der Waals surface area contributed by atoms with Crippen molar-refractivity contribution in [3.63, 3.8) is 0 Å². The summed E-state index contributed by atoms with van der Waals surface area (Å²) in [6, 6.07) is -1.70. The zero-order valence-electron chi connectivity index (χ0n) is 22.3. The highest BCUT2D eigenvalue weighted by Crippen LogP contribution is 2.02. The summed E-state index contributed by atoms with van der Waals surface area (Å²) in [6.07, 6.45) is 5.60. The molecule has 2 unspecified atom stereocenters. The Bertz CT molecular complexity index is 689. The van der Waals surface area contributed by atoms with Crippen LogP contribution in [0.5, 0.6) is 0 Å². The summed E-state index contributed by atoms with van der Waals surface area (Å²) in [6.45, 7) is 2.85. The number of nitrogens with one attached hydrogen (secondary N) is 2. The van der Waals surface area contributed by atoms with Crippen LogP contribution in [0, 0.1) is 0 Å². The Morgan fingerprint density at radius 2 is 1.34 bits per heavy atom. The van der Waals surface area contributed by atoms with Gasteiger partial charge in [-0.2, -0.15) is 23.5 Å². The number of thioether (sulfide) groups is 2. The number of carboxylic acid groups (broad SMARTS) is 3. The molecule has 0 fully saturated rings. The van der Waals surface area contributed by atoms with Gasteiger partial charge in [-0.05, 0) is 43.4 Å². The highest BCUT2D eigenvalue weighted by atomic mass is 32.2. The average Bonchev–Trinajstić information content (AvgIpc) is 2.87. The minimum atomic E-state index is -1.09. The van der Waals surface area contributed by atoms with E-state index in [9.17, 15) is 28.8 Å². The fourth-order valence-electron chi connectivity index (χ4n) is 2.70. The van der Waals surface area contributed by atoms with Crippen LogP contribution in [-0.4, -0.2) is 149 Å². The highest BCUT2D eigenvalue weighted by molar-refractivity contribution is 7.98. The fourth-order valence-corrected chi connectivity index (χ4v) is 3.64. The molecule has 0 spiro atoms. The van der Waals surface area contributed by atoms with Crippen LogP contribution in [0.2, 0.25) is 0 Å². The molecule has 16 heteroatoms. The number of carboxylic acids is 3. The van der Waals surface area contributed by atoms with E-state index in [1.807, 2.05) is 19.4 Å². The smallest absolute Gasteiger partial charge is 0.326 e. The largest absolute Gasteiger partial charge is 0.480 e. The lowest BCUT2D eigenvalue weighted by molar-refractivity contribution is -0.142. The predicted molar refractivity (Wildman–Crippen MR) is 147 cm³/mol. The predicted octanol–water partition coefficient (Wildman–Crippen LogP) is -1.24. The lowest BCUT2D eigenvalue weighted by atomic mass is 10.2. The topological polar surface area (TPSA) is 214 Å². The Morgan fingerprint density at radius 3 is 1.74 bits per heavy atom. The first-order valence-corrected chi connectivity index (χ1v) is 14.3. The molecule has 222 valence electrons. The van der Waals surface area contributed by atoms with Crippen LogP contribution in [0.15, 0.2) is 0 Å².